The van der Waals surface area contributed by atoms with E-state index in [9.17, 15) is 4.79 Å². The van der Waals surface area contributed by atoms with Crippen molar-refractivity contribution < 1.29 is 14.3 Å². The molecule has 1 fully saturated rings. The molecule has 0 aliphatic heterocycles. The third-order valence-electron chi connectivity index (χ3n) is 6.50. The molecule has 0 N–H and O–H groups in total. The van der Waals surface area contributed by atoms with Crippen molar-refractivity contribution >= 4 is 28.6 Å². The number of nitrogens with zero attached hydrogens (tertiary/aromatic N) is 6. The number of ether oxygens (including phenoxy) is 2. The van der Waals surface area contributed by atoms with Gasteiger partial charge in [0.25, 0.3) is 5.95 Å². The molecule has 0 spiro atoms. The summed E-state index contributed by atoms with van der Waals surface area (Å²) in [7, 11) is 1.55. The number of carbonyl (C=O) groups excluding carboxylic acids is 1. The quantitative estimate of drug-likeness (QED) is 0.430. The molecule has 34 heavy (non-hydrogen) atoms. The number of methoxy groups -OCH3 is 1. The second kappa shape index (κ2) is 10.3. The highest BCUT2D eigenvalue weighted by atomic mass is 35.5. The first-order chi connectivity index (χ1) is 15.7. The Bertz CT molecular complexity index is 1140. The van der Waals surface area contributed by atoms with E-state index in [0.717, 1.165) is 25.3 Å². The van der Waals surface area contributed by atoms with Gasteiger partial charge in [-0.25, -0.2) is 14.5 Å². The van der Waals surface area contributed by atoms with E-state index in [1.54, 1.807) is 14.0 Å². The number of hydrogen-bond donors (Lipinski definition) is 0. The summed E-state index contributed by atoms with van der Waals surface area (Å²) in [5.41, 5.74) is 1.82. The van der Waals surface area contributed by atoms with Crippen molar-refractivity contribution in [2.24, 2.45) is 17.3 Å². The third kappa shape index (κ3) is 5.19. The third-order valence-corrected chi connectivity index (χ3v) is 6.75. The molecule has 1 aliphatic carbocycles. The zero-order chi connectivity index (χ0) is 23.8. The van der Waals surface area contributed by atoms with Crippen LogP contribution in [0, 0.1) is 17.3 Å². The molecule has 1 saturated carbocycles. The van der Waals surface area contributed by atoms with Gasteiger partial charge in [-0.1, -0.05) is 39.8 Å². The Labute approximate surface area is 205 Å². The molecule has 1 aliphatic rings. The summed E-state index contributed by atoms with van der Waals surface area (Å²) in [6, 6.07) is 0. The van der Waals surface area contributed by atoms with Crippen LogP contribution in [0.5, 0.6) is 5.88 Å². The lowest BCUT2D eigenvalue weighted by Gasteiger charge is -2.37. The number of halogens is 1. The predicted octanol–water partition coefficient (Wildman–Crippen LogP) is 5.34. The summed E-state index contributed by atoms with van der Waals surface area (Å²) in [6.07, 6.45) is 7.70. The minimum absolute atomic E-state index is 0. The van der Waals surface area contributed by atoms with Gasteiger partial charge >= 0.3 is 5.97 Å². The first-order valence-corrected chi connectivity index (χ1v) is 11.8. The highest BCUT2D eigenvalue weighted by molar-refractivity contribution is 6.33. The van der Waals surface area contributed by atoms with Crippen LogP contribution in [0.4, 0.5) is 0 Å². The number of fused-ring (bicyclic) bond motifs is 1. The van der Waals surface area contributed by atoms with E-state index in [1.807, 2.05) is 4.68 Å². The Hall–Kier alpha value is -2.68. The van der Waals surface area contributed by atoms with Gasteiger partial charge in [-0.15, -0.1) is 0 Å². The van der Waals surface area contributed by atoms with Gasteiger partial charge in [0, 0.05) is 12.7 Å². The van der Waals surface area contributed by atoms with E-state index in [0.29, 0.717) is 33.8 Å². The monoisotopic (exact) mass is 490 g/mol. The highest BCUT2D eigenvalue weighted by Gasteiger charge is 2.30. The molecule has 0 bridgehead atoms. The van der Waals surface area contributed by atoms with E-state index in [4.69, 9.17) is 21.1 Å². The van der Waals surface area contributed by atoms with Crippen molar-refractivity contribution in [3.05, 3.63) is 23.1 Å². The van der Waals surface area contributed by atoms with Crippen LogP contribution >= 0.6 is 11.6 Å². The van der Waals surface area contributed by atoms with Gasteiger partial charge in [-0.05, 0) is 49.9 Å². The topological polar surface area (TPSA) is 96.9 Å². The molecule has 10 heteroatoms. The molecule has 0 unspecified atom stereocenters. The highest BCUT2D eigenvalue weighted by Crippen LogP contribution is 2.40. The van der Waals surface area contributed by atoms with Gasteiger partial charge in [-0.3, -0.25) is 4.68 Å². The minimum Gasteiger partial charge on any atom is -0.479 e. The average Bonchev–Trinajstić information content (AvgIpc) is 3.39. The number of rotatable bonds is 6. The lowest BCUT2D eigenvalue weighted by Crippen LogP contribution is -2.27. The standard InChI is InChI=1S/C23H31ClN6O3.CH4/c1-6-33-21(31)15-11-25-30(13-15)22-26-17-18(20(27-22)32-5)29(28-19(17)24)12-14-7-9-16(10-8-14)23(2,3)4;/h11,13-14,16H,6-10,12H2,1-5H3;1H4. The molecule has 186 valence electrons. The van der Waals surface area contributed by atoms with E-state index in [1.165, 1.54) is 29.9 Å². The molecule has 3 aromatic rings. The Balaban J connectivity index is 0.00000324. The van der Waals surface area contributed by atoms with Crippen LogP contribution in [0.3, 0.4) is 0 Å². The predicted molar refractivity (Wildman–Crippen MR) is 132 cm³/mol. The second-order valence-corrected chi connectivity index (χ2v) is 10.0. The Morgan fingerprint density at radius 2 is 1.91 bits per heavy atom. The summed E-state index contributed by atoms with van der Waals surface area (Å²) < 4.78 is 13.9. The van der Waals surface area contributed by atoms with E-state index in [-0.39, 0.29) is 25.1 Å². The van der Waals surface area contributed by atoms with Crippen molar-refractivity contribution in [3.8, 4) is 11.8 Å². The van der Waals surface area contributed by atoms with Crippen LogP contribution in [0.25, 0.3) is 17.0 Å². The van der Waals surface area contributed by atoms with Crippen LogP contribution < -0.4 is 4.74 Å². The van der Waals surface area contributed by atoms with Crippen LogP contribution in [0.2, 0.25) is 5.15 Å². The van der Waals surface area contributed by atoms with Gasteiger partial charge in [0.1, 0.15) is 5.52 Å². The van der Waals surface area contributed by atoms with Gasteiger partial charge in [0.05, 0.1) is 25.5 Å². The van der Waals surface area contributed by atoms with Crippen LogP contribution in [-0.2, 0) is 11.3 Å². The maximum Gasteiger partial charge on any atom is 0.341 e. The Kier molecular flexibility index (Phi) is 7.85. The van der Waals surface area contributed by atoms with E-state index in [2.05, 4.69) is 40.9 Å². The van der Waals surface area contributed by atoms with E-state index < -0.39 is 5.97 Å². The molecule has 0 amide bonds. The molecule has 3 aromatic heterocycles. The van der Waals surface area contributed by atoms with Gasteiger partial charge in [0.15, 0.2) is 10.7 Å². The molecule has 0 saturated heterocycles. The number of esters is 1. The first-order valence-electron chi connectivity index (χ1n) is 11.4. The van der Waals surface area contributed by atoms with Gasteiger partial charge < -0.3 is 9.47 Å². The molecule has 9 nitrogen and oxygen atoms in total. The maximum atomic E-state index is 12.0. The summed E-state index contributed by atoms with van der Waals surface area (Å²) in [4.78, 5) is 21.1. The van der Waals surface area contributed by atoms with Crippen LogP contribution in [0.15, 0.2) is 12.4 Å². The summed E-state index contributed by atoms with van der Waals surface area (Å²) in [5.74, 6) is 1.42. The van der Waals surface area contributed by atoms with E-state index >= 15 is 0 Å². The largest absolute Gasteiger partial charge is 0.479 e. The molecule has 4 rings (SSSR count). The average molecular weight is 491 g/mol. The normalized spacial score (nSPS) is 18.5. The summed E-state index contributed by atoms with van der Waals surface area (Å²) in [5, 5.41) is 9.03. The Morgan fingerprint density at radius 1 is 1.21 bits per heavy atom. The van der Waals surface area contributed by atoms with Crippen molar-refractivity contribution in [3.63, 3.8) is 0 Å². The first kappa shape index (κ1) is 25.9. The zero-order valence-electron chi connectivity index (χ0n) is 19.8. The summed E-state index contributed by atoms with van der Waals surface area (Å²) >= 11 is 6.48. The molecular weight excluding hydrogens is 456 g/mol. The van der Waals surface area contributed by atoms with Crippen LogP contribution in [-0.4, -0.2) is 49.2 Å². The summed E-state index contributed by atoms with van der Waals surface area (Å²) in [6.45, 7) is 9.76. The van der Waals surface area contributed by atoms with Gasteiger partial charge in [-0.2, -0.15) is 15.2 Å². The fraction of sp³-hybridized carbons (Fsp3) is 0.625. The number of hydrogen-bond acceptors (Lipinski definition) is 7. The van der Waals surface area contributed by atoms with Crippen molar-refractivity contribution in [1.82, 2.24) is 29.5 Å². The van der Waals surface area contributed by atoms with Crippen LogP contribution in [0.1, 0.15) is 71.2 Å². The maximum absolute atomic E-state index is 12.0. The van der Waals surface area contributed by atoms with Gasteiger partial charge in [0.2, 0.25) is 5.88 Å². The van der Waals surface area contributed by atoms with Crippen molar-refractivity contribution in [2.45, 2.75) is 67.3 Å². The molecule has 3 heterocycles. The molecule has 0 atom stereocenters. The zero-order valence-corrected chi connectivity index (χ0v) is 20.6. The lowest BCUT2D eigenvalue weighted by atomic mass is 9.70. The number of aromatic nitrogens is 6. The molecule has 0 radical (unpaired) electrons. The Morgan fingerprint density at radius 3 is 2.53 bits per heavy atom. The lowest BCUT2D eigenvalue weighted by molar-refractivity contribution is 0.0526. The smallest absolute Gasteiger partial charge is 0.341 e. The fourth-order valence-corrected chi connectivity index (χ4v) is 4.81. The number of carbonyl (C=O) groups is 1. The van der Waals surface area contributed by atoms with Crippen molar-refractivity contribution in [1.29, 1.82) is 0 Å². The van der Waals surface area contributed by atoms with Crippen molar-refractivity contribution in [2.75, 3.05) is 13.7 Å². The molecular formula is C24H35ClN6O3. The SMILES string of the molecule is C.CCOC(=O)c1cnn(-c2nc(OC)c3c(n2)c(Cl)nn3CC2CCC(C(C)(C)C)CC2)c1. The molecule has 0 aromatic carbocycles. The fourth-order valence-electron chi connectivity index (χ4n) is 4.59. The minimum atomic E-state index is -0.455. The second-order valence-electron chi connectivity index (χ2n) is 9.68.